The van der Waals surface area contributed by atoms with Crippen molar-refractivity contribution in [3.63, 3.8) is 0 Å². The Kier molecular flexibility index (Phi) is 2.41. The zero-order valence-corrected chi connectivity index (χ0v) is 9.63. The van der Waals surface area contributed by atoms with Gasteiger partial charge in [-0.25, -0.2) is 9.97 Å². The van der Waals surface area contributed by atoms with Crippen LogP contribution in [0.5, 0.6) is 0 Å². The Balaban J connectivity index is 1.91. The third kappa shape index (κ3) is 1.83. The summed E-state index contributed by atoms with van der Waals surface area (Å²) in [5, 5.41) is 0. The summed E-state index contributed by atoms with van der Waals surface area (Å²) in [5.41, 5.74) is 8.06. The molecule has 3 rings (SSSR count). The van der Waals surface area contributed by atoms with Crippen LogP contribution >= 0.6 is 0 Å². The van der Waals surface area contributed by atoms with E-state index in [0.717, 1.165) is 29.8 Å². The van der Waals surface area contributed by atoms with Crippen LogP contribution in [0.4, 0.5) is 0 Å². The highest BCUT2D eigenvalue weighted by Gasteiger charge is 2.45. The third-order valence-electron chi connectivity index (χ3n) is 3.48. The zero-order valence-electron chi connectivity index (χ0n) is 9.63. The number of nitrogens with two attached hydrogens (primary N) is 1. The van der Waals surface area contributed by atoms with Crippen molar-refractivity contribution in [2.24, 2.45) is 5.73 Å². The first-order valence-corrected chi connectivity index (χ1v) is 5.92. The van der Waals surface area contributed by atoms with E-state index in [1.807, 2.05) is 30.6 Å². The van der Waals surface area contributed by atoms with Gasteiger partial charge in [0.25, 0.3) is 0 Å². The minimum Gasteiger partial charge on any atom is -0.329 e. The molecule has 0 amide bonds. The van der Waals surface area contributed by atoms with E-state index in [0.29, 0.717) is 6.54 Å². The lowest BCUT2D eigenvalue weighted by atomic mass is 10.1. The van der Waals surface area contributed by atoms with E-state index in [9.17, 15) is 0 Å². The summed E-state index contributed by atoms with van der Waals surface area (Å²) in [4.78, 5) is 8.94. The second-order valence-corrected chi connectivity index (χ2v) is 4.65. The van der Waals surface area contributed by atoms with Gasteiger partial charge in [0, 0.05) is 29.9 Å². The maximum absolute atomic E-state index is 5.77. The van der Waals surface area contributed by atoms with Gasteiger partial charge >= 0.3 is 0 Å². The van der Waals surface area contributed by atoms with Crippen molar-refractivity contribution in [3.05, 3.63) is 48.5 Å². The van der Waals surface area contributed by atoms with E-state index in [4.69, 9.17) is 5.73 Å². The Labute approximate surface area is 101 Å². The van der Waals surface area contributed by atoms with Gasteiger partial charge in [-0.15, -0.1) is 0 Å². The second kappa shape index (κ2) is 3.93. The molecule has 0 aliphatic heterocycles. The van der Waals surface area contributed by atoms with Crippen molar-refractivity contribution in [1.82, 2.24) is 9.97 Å². The largest absolute Gasteiger partial charge is 0.329 e. The standard InChI is InChI=1S/C14H15N3/c15-10-14(6-7-14)13-16-8-12(9-17-13)11-4-2-1-3-5-11/h1-5,8-9H,6-7,10,15H2. The highest BCUT2D eigenvalue weighted by Crippen LogP contribution is 2.45. The van der Waals surface area contributed by atoms with E-state index < -0.39 is 0 Å². The summed E-state index contributed by atoms with van der Waals surface area (Å²) < 4.78 is 0. The third-order valence-corrected chi connectivity index (χ3v) is 3.48. The number of nitrogens with zero attached hydrogens (tertiary/aromatic N) is 2. The van der Waals surface area contributed by atoms with Gasteiger partial charge in [-0.3, -0.25) is 0 Å². The Hall–Kier alpha value is -1.74. The molecule has 3 heteroatoms. The lowest BCUT2D eigenvalue weighted by molar-refractivity contribution is 0.649. The molecule has 2 aromatic rings. The van der Waals surface area contributed by atoms with Gasteiger partial charge in [0.1, 0.15) is 5.82 Å². The van der Waals surface area contributed by atoms with Crippen molar-refractivity contribution < 1.29 is 0 Å². The van der Waals surface area contributed by atoms with Gasteiger partial charge in [0.05, 0.1) is 0 Å². The first-order valence-electron chi connectivity index (χ1n) is 5.92. The number of benzene rings is 1. The first-order chi connectivity index (χ1) is 8.34. The molecule has 86 valence electrons. The molecule has 1 aromatic carbocycles. The fourth-order valence-electron chi connectivity index (χ4n) is 2.05. The van der Waals surface area contributed by atoms with Crippen molar-refractivity contribution in [2.75, 3.05) is 6.54 Å². The fourth-order valence-corrected chi connectivity index (χ4v) is 2.05. The first kappa shape index (κ1) is 10.4. The normalized spacial score (nSPS) is 16.8. The molecule has 0 unspecified atom stereocenters. The highest BCUT2D eigenvalue weighted by molar-refractivity contribution is 5.61. The maximum Gasteiger partial charge on any atom is 0.135 e. The Bertz CT molecular complexity index is 501. The Morgan fingerprint density at radius 1 is 1.00 bits per heavy atom. The molecular formula is C14H15N3. The minimum atomic E-state index is 0.0786. The topological polar surface area (TPSA) is 51.8 Å². The summed E-state index contributed by atoms with van der Waals surface area (Å²) in [6, 6.07) is 10.2. The van der Waals surface area contributed by atoms with Gasteiger partial charge in [0.2, 0.25) is 0 Å². The summed E-state index contributed by atoms with van der Waals surface area (Å²) in [6.45, 7) is 0.650. The number of aromatic nitrogens is 2. The summed E-state index contributed by atoms with van der Waals surface area (Å²) in [7, 11) is 0. The lowest BCUT2D eigenvalue weighted by Crippen LogP contribution is -2.22. The number of hydrogen-bond donors (Lipinski definition) is 1. The molecule has 0 bridgehead atoms. The number of rotatable bonds is 3. The zero-order chi connectivity index (χ0) is 11.7. The SMILES string of the molecule is NCC1(c2ncc(-c3ccccc3)cn2)CC1. The minimum absolute atomic E-state index is 0.0786. The van der Waals surface area contributed by atoms with Crippen LogP contribution in [0.15, 0.2) is 42.7 Å². The van der Waals surface area contributed by atoms with E-state index >= 15 is 0 Å². The molecule has 0 spiro atoms. The van der Waals surface area contributed by atoms with Crippen LogP contribution < -0.4 is 5.73 Å². The van der Waals surface area contributed by atoms with Crippen molar-refractivity contribution in [1.29, 1.82) is 0 Å². The van der Waals surface area contributed by atoms with Gasteiger partial charge in [-0.05, 0) is 18.4 Å². The monoisotopic (exact) mass is 225 g/mol. The molecule has 1 aliphatic carbocycles. The molecule has 1 saturated carbocycles. The van der Waals surface area contributed by atoms with Crippen LogP contribution in [0.3, 0.4) is 0 Å². The van der Waals surface area contributed by atoms with Crippen molar-refractivity contribution >= 4 is 0 Å². The van der Waals surface area contributed by atoms with Crippen LogP contribution in [0.25, 0.3) is 11.1 Å². The summed E-state index contributed by atoms with van der Waals surface area (Å²) in [5.74, 6) is 0.902. The second-order valence-electron chi connectivity index (χ2n) is 4.65. The van der Waals surface area contributed by atoms with E-state index in [1.165, 1.54) is 0 Å². The maximum atomic E-state index is 5.77. The average molecular weight is 225 g/mol. The lowest BCUT2D eigenvalue weighted by Gasteiger charge is -2.10. The molecule has 1 aromatic heterocycles. The molecule has 1 aliphatic rings. The van der Waals surface area contributed by atoms with Gasteiger partial charge in [-0.1, -0.05) is 30.3 Å². The highest BCUT2D eigenvalue weighted by atomic mass is 14.9. The van der Waals surface area contributed by atoms with E-state index in [1.54, 1.807) is 0 Å². The fraction of sp³-hybridized carbons (Fsp3) is 0.286. The Morgan fingerprint density at radius 2 is 1.65 bits per heavy atom. The number of hydrogen-bond acceptors (Lipinski definition) is 3. The molecule has 0 saturated heterocycles. The molecule has 0 radical (unpaired) electrons. The average Bonchev–Trinajstić information content (AvgIpc) is 3.21. The van der Waals surface area contributed by atoms with Gasteiger partial charge in [-0.2, -0.15) is 0 Å². The molecule has 3 nitrogen and oxygen atoms in total. The van der Waals surface area contributed by atoms with Crippen LogP contribution in [0.2, 0.25) is 0 Å². The van der Waals surface area contributed by atoms with Crippen LogP contribution in [0, 0.1) is 0 Å². The molecule has 0 atom stereocenters. The molecular weight excluding hydrogens is 210 g/mol. The smallest absolute Gasteiger partial charge is 0.135 e. The van der Waals surface area contributed by atoms with Gasteiger partial charge in [0.15, 0.2) is 0 Å². The molecule has 2 N–H and O–H groups in total. The van der Waals surface area contributed by atoms with Gasteiger partial charge < -0.3 is 5.73 Å². The quantitative estimate of drug-likeness (QED) is 0.870. The Morgan fingerprint density at radius 3 is 2.18 bits per heavy atom. The van der Waals surface area contributed by atoms with Crippen molar-refractivity contribution in [2.45, 2.75) is 18.3 Å². The molecule has 1 heterocycles. The van der Waals surface area contributed by atoms with Crippen LogP contribution in [0.1, 0.15) is 18.7 Å². The van der Waals surface area contributed by atoms with Crippen LogP contribution in [-0.4, -0.2) is 16.5 Å². The van der Waals surface area contributed by atoms with Crippen molar-refractivity contribution in [3.8, 4) is 11.1 Å². The summed E-state index contributed by atoms with van der Waals surface area (Å²) >= 11 is 0. The predicted molar refractivity (Wildman–Crippen MR) is 67.4 cm³/mol. The van der Waals surface area contributed by atoms with Crippen LogP contribution in [-0.2, 0) is 5.41 Å². The van der Waals surface area contributed by atoms with E-state index in [-0.39, 0.29) is 5.41 Å². The van der Waals surface area contributed by atoms with E-state index in [2.05, 4.69) is 22.1 Å². The summed E-state index contributed by atoms with van der Waals surface area (Å²) in [6.07, 6.45) is 6.03. The molecule has 17 heavy (non-hydrogen) atoms. The predicted octanol–water partition coefficient (Wildman–Crippen LogP) is 2.13. The molecule has 1 fully saturated rings.